The molecule has 0 aromatic carbocycles. The molecule has 102 valence electrons. The molecule has 3 rings (SSSR count). The zero-order valence-corrected chi connectivity index (χ0v) is 11.4. The van der Waals surface area contributed by atoms with Gasteiger partial charge in [-0.15, -0.1) is 10.2 Å². The average Bonchev–Trinajstić information content (AvgIpc) is 3.07. The van der Waals surface area contributed by atoms with Crippen LogP contribution in [0, 0.1) is 13.8 Å². The number of anilines is 1. The highest BCUT2D eigenvalue weighted by Crippen LogP contribution is 2.11. The van der Waals surface area contributed by atoms with Crippen LogP contribution in [0.3, 0.4) is 0 Å². The van der Waals surface area contributed by atoms with Gasteiger partial charge in [-0.05, 0) is 44.2 Å². The van der Waals surface area contributed by atoms with Gasteiger partial charge in [0.05, 0.1) is 18.5 Å². The van der Waals surface area contributed by atoms with E-state index >= 15 is 0 Å². The molecule has 0 radical (unpaired) electrons. The van der Waals surface area contributed by atoms with Crippen LogP contribution in [0.4, 0.5) is 5.82 Å². The van der Waals surface area contributed by atoms with Crippen molar-refractivity contribution in [3.05, 3.63) is 53.7 Å². The molecule has 0 unspecified atom stereocenters. The van der Waals surface area contributed by atoms with Crippen molar-refractivity contribution >= 4 is 5.82 Å². The lowest BCUT2D eigenvalue weighted by atomic mass is 10.4. The minimum atomic E-state index is 0.584. The Morgan fingerprint density at radius 3 is 2.70 bits per heavy atom. The molecule has 0 amide bonds. The summed E-state index contributed by atoms with van der Waals surface area (Å²) in [4.78, 5) is 0. The molecular formula is C14H15N5O. The smallest absolute Gasteiger partial charge is 0.176 e. The summed E-state index contributed by atoms with van der Waals surface area (Å²) >= 11 is 0. The molecule has 20 heavy (non-hydrogen) atoms. The molecule has 3 aromatic rings. The van der Waals surface area contributed by atoms with Gasteiger partial charge in [0.25, 0.3) is 0 Å². The number of nitrogens with zero attached hydrogens (tertiary/aromatic N) is 4. The second kappa shape index (κ2) is 5.16. The molecule has 0 saturated heterocycles. The first-order valence-corrected chi connectivity index (χ1v) is 6.36. The summed E-state index contributed by atoms with van der Waals surface area (Å²) in [6.45, 7) is 4.53. The third kappa shape index (κ3) is 2.54. The van der Waals surface area contributed by atoms with Crippen molar-refractivity contribution in [1.82, 2.24) is 20.0 Å². The van der Waals surface area contributed by atoms with E-state index in [1.165, 1.54) is 0 Å². The van der Waals surface area contributed by atoms with Crippen LogP contribution in [0.25, 0.3) is 5.82 Å². The molecule has 6 heteroatoms. The summed E-state index contributed by atoms with van der Waals surface area (Å²) in [6, 6.07) is 9.53. The van der Waals surface area contributed by atoms with Gasteiger partial charge in [0.2, 0.25) is 0 Å². The predicted molar refractivity (Wildman–Crippen MR) is 74.7 cm³/mol. The van der Waals surface area contributed by atoms with Gasteiger partial charge in [-0.2, -0.15) is 5.10 Å². The quantitative estimate of drug-likeness (QED) is 0.788. The van der Waals surface area contributed by atoms with Crippen LogP contribution >= 0.6 is 0 Å². The summed E-state index contributed by atoms with van der Waals surface area (Å²) in [5.74, 6) is 2.26. The molecule has 0 atom stereocenters. The van der Waals surface area contributed by atoms with E-state index in [9.17, 15) is 0 Å². The van der Waals surface area contributed by atoms with Crippen molar-refractivity contribution in [2.24, 2.45) is 0 Å². The number of nitrogens with one attached hydrogen (secondary N) is 1. The van der Waals surface area contributed by atoms with E-state index in [-0.39, 0.29) is 0 Å². The van der Waals surface area contributed by atoms with Crippen molar-refractivity contribution in [2.75, 3.05) is 5.32 Å². The maximum absolute atomic E-state index is 5.24. The Bertz CT molecular complexity index is 685. The number of aromatic nitrogens is 4. The molecular weight excluding hydrogens is 254 g/mol. The Hall–Kier alpha value is -2.63. The summed E-state index contributed by atoms with van der Waals surface area (Å²) in [5, 5.41) is 15.8. The van der Waals surface area contributed by atoms with Crippen LogP contribution in [-0.2, 0) is 6.54 Å². The third-order valence-corrected chi connectivity index (χ3v) is 2.90. The Labute approximate surface area is 116 Å². The molecule has 0 spiro atoms. The van der Waals surface area contributed by atoms with Gasteiger partial charge in [-0.1, -0.05) is 0 Å². The van der Waals surface area contributed by atoms with Crippen molar-refractivity contribution in [1.29, 1.82) is 0 Å². The Morgan fingerprint density at radius 2 is 2.10 bits per heavy atom. The first-order chi connectivity index (χ1) is 9.72. The van der Waals surface area contributed by atoms with E-state index in [4.69, 9.17) is 4.42 Å². The van der Waals surface area contributed by atoms with E-state index in [1.54, 1.807) is 10.9 Å². The first-order valence-electron chi connectivity index (χ1n) is 6.36. The van der Waals surface area contributed by atoms with Gasteiger partial charge in [0, 0.05) is 5.69 Å². The number of hydrogen-bond acceptors (Lipinski definition) is 5. The van der Waals surface area contributed by atoms with Gasteiger partial charge >= 0.3 is 0 Å². The molecule has 3 aromatic heterocycles. The van der Waals surface area contributed by atoms with Crippen LogP contribution in [0.2, 0.25) is 0 Å². The molecule has 0 saturated carbocycles. The highest BCUT2D eigenvalue weighted by molar-refractivity contribution is 5.37. The minimum Gasteiger partial charge on any atom is -0.467 e. The molecule has 0 aliphatic carbocycles. The fourth-order valence-corrected chi connectivity index (χ4v) is 1.98. The number of aryl methyl sites for hydroxylation is 2. The highest BCUT2D eigenvalue weighted by atomic mass is 16.3. The minimum absolute atomic E-state index is 0.584. The third-order valence-electron chi connectivity index (χ3n) is 2.90. The fourth-order valence-electron chi connectivity index (χ4n) is 1.98. The Morgan fingerprint density at radius 1 is 1.20 bits per heavy atom. The van der Waals surface area contributed by atoms with Crippen molar-refractivity contribution in [3.8, 4) is 5.82 Å². The normalized spacial score (nSPS) is 10.7. The van der Waals surface area contributed by atoms with Gasteiger partial charge in [-0.25, -0.2) is 4.68 Å². The maximum atomic E-state index is 5.24. The van der Waals surface area contributed by atoms with Crippen LogP contribution in [-0.4, -0.2) is 20.0 Å². The Kier molecular flexibility index (Phi) is 3.20. The van der Waals surface area contributed by atoms with Crippen molar-refractivity contribution < 1.29 is 4.42 Å². The molecule has 0 aliphatic heterocycles. The van der Waals surface area contributed by atoms with E-state index in [0.29, 0.717) is 18.2 Å². The van der Waals surface area contributed by atoms with E-state index in [1.807, 2.05) is 44.2 Å². The van der Waals surface area contributed by atoms with Crippen LogP contribution in [0.5, 0.6) is 0 Å². The van der Waals surface area contributed by atoms with Crippen LogP contribution in [0.1, 0.15) is 17.1 Å². The Balaban J connectivity index is 1.73. The zero-order chi connectivity index (χ0) is 13.9. The topological polar surface area (TPSA) is 68.8 Å². The zero-order valence-electron chi connectivity index (χ0n) is 11.4. The second-order valence-electron chi connectivity index (χ2n) is 4.55. The van der Waals surface area contributed by atoms with Crippen LogP contribution < -0.4 is 5.32 Å². The van der Waals surface area contributed by atoms with E-state index in [0.717, 1.165) is 17.1 Å². The average molecular weight is 269 g/mol. The SMILES string of the molecule is Cc1cc(C)n(-c2ccc(NCc3ccco3)nn2)n1. The molecule has 0 fully saturated rings. The van der Waals surface area contributed by atoms with Crippen LogP contribution in [0.15, 0.2) is 41.0 Å². The lowest BCUT2D eigenvalue weighted by Crippen LogP contribution is -2.06. The van der Waals surface area contributed by atoms with Gasteiger partial charge in [0.1, 0.15) is 11.6 Å². The molecule has 3 heterocycles. The van der Waals surface area contributed by atoms with Gasteiger partial charge in [-0.3, -0.25) is 0 Å². The predicted octanol–water partition coefficient (Wildman–Crippen LogP) is 2.48. The maximum Gasteiger partial charge on any atom is 0.176 e. The molecule has 0 aliphatic rings. The standard InChI is InChI=1S/C14H15N5O/c1-10-8-11(2)19(18-10)14-6-5-13(16-17-14)15-9-12-4-3-7-20-12/h3-8H,9H2,1-2H3,(H,15,16). The lowest BCUT2D eigenvalue weighted by molar-refractivity contribution is 0.517. The fraction of sp³-hybridized carbons (Fsp3) is 0.214. The second-order valence-corrected chi connectivity index (χ2v) is 4.55. The van der Waals surface area contributed by atoms with Gasteiger partial charge in [0.15, 0.2) is 5.82 Å². The summed E-state index contributed by atoms with van der Waals surface area (Å²) < 4.78 is 7.02. The van der Waals surface area contributed by atoms with Gasteiger partial charge < -0.3 is 9.73 Å². The monoisotopic (exact) mass is 269 g/mol. The van der Waals surface area contributed by atoms with E-state index in [2.05, 4.69) is 20.6 Å². The first kappa shape index (κ1) is 12.4. The number of furan rings is 1. The number of hydrogen-bond donors (Lipinski definition) is 1. The van der Waals surface area contributed by atoms with E-state index < -0.39 is 0 Å². The van der Waals surface area contributed by atoms with Crippen molar-refractivity contribution in [2.45, 2.75) is 20.4 Å². The van der Waals surface area contributed by atoms with Crippen molar-refractivity contribution in [3.63, 3.8) is 0 Å². The molecule has 0 bridgehead atoms. The summed E-state index contributed by atoms with van der Waals surface area (Å²) in [5.41, 5.74) is 2.00. The summed E-state index contributed by atoms with van der Waals surface area (Å²) in [6.07, 6.45) is 1.65. The molecule has 6 nitrogen and oxygen atoms in total. The number of rotatable bonds is 4. The lowest BCUT2D eigenvalue weighted by Gasteiger charge is -2.05. The highest BCUT2D eigenvalue weighted by Gasteiger charge is 2.06. The largest absolute Gasteiger partial charge is 0.467 e. The summed E-state index contributed by atoms with van der Waals surface area (Å²) in [7, 11) is 0. The molecule has 1 N–H and O–H groups in total.